The maximum Gasteiger partial charge on any atom is 0.139 e. The van der Waals surface area contributed by atoms with Crippen LogP contribution in [-0.4, -0.2) is 20.2 Å². The van der Waals surface area contributed by atoms with Gasteiger partial charge in [-0.15, -0.1) is 11.3 Å². The van der Waals surface area contributed by atoms with Crippen molar-refractivity contribution in [2.24, 2.45) is 0 Å². The first-order chi connectivity index (χ1) is 13.2. The summed E-state index contributed by atoms with van der Waals surface area (Å²) in [6.45, 7) is 4.79. The summed E-state index contributed by atoms with van der Waals surface area (Å²) >= 11 is 1.70. The van der Waals surface area contributed by atoms with Gasteiger partial charge in [-0.3, -0.25) is 5.10 Å². The minimum absolute atomic E-state index is 0.523. The van der Waals surface area contributed by atoms with Gasteiger partial charge in [-0.2, -0.15) is 5.10 Å². The Bertz CT molecular complexity index is 1090. The van der Waals surface area contributed by atoms with Crippen molar-refractivity contribution in [3.63, 3.8) is 0 Å². The molecule has 1 saturated carbocycles. The highest BCUT2D eigenvalue weighted by atomic mass is 32.1. The number of nitrogens with one attached hydrogen (secondary N) is 2. The SMILES string of the molecule is Cc1n[nH]c(C)c1CNc1nc(C2CC2)nc2scc(-c3ccccc3)c12. The normalized spacial score (nSPS) is 14.0. The lowest BCUT2D eigenvalue weighted by molar-refractivity contribution is 0.943. The van der Waals surface area contributed by atoms with Crippen LogP contribution in [0.25, 0.3) is 21.3 Å². The number of hydrogen-bond donors (Lipinski definition) is 2. The molecule has 0 spiro atoms. The molecule has 1 aliphatic rings. The fourth-order valence-corrected chi connectivity index (χ4v) is 4.40. The topological polar surface area (TPSA) is 66.5 Å². The number of hydrogen-bond acceptors (Lipinski definition) is 5. The number of nitrogens with zero attached hydrogens (tertiary/aromatic N) is 3. The van der Waals surface area contributed by atoms with Crippen molar-refractivity contribution in [2.75, 3.05) is 5.32 Å². The molecule has 0 amide bonds. The van der Waals surface area contributed by atoms with E-state index < -0.39 is 0 Å². The van der Waals surface area contributed by atoms with Crippen molar-refractivity contribution < 1.29 is 0 Å². The third-order valence-corrected chi connectivity index (χ3v) is 6.06. The van der Waals surface area contributed by atoms with E-state index >= 15 is 0 Å². The number of aryl methyl sites for hydroxylation is 2. The number of H-pyrrole nitrogens is 1. The largest absolute Gasteiger partial charge is 0.365 e. The van der Waals surface area contributed by atoms with E-state index in [0.717, 1.165) is 33.2 Å². The maximum atomic E-state index is 4.93. The molecule has 6 heteroatoms. The van der Waals surface area contributed by atoms with Gasteiger partial charge in [0.05, 0.1) is 11.1 Å². The summed E-state index contributed by atoms with van der Waals surface area (Å²) in [4.78, 5) is 10.9. The van der Waals surface area contributed by atoms with Crippen LogP contribution in [0.5, 0.6) is 0 Å². The van der Waals surface area contributed by atoms with Crippen LogP contribution in [0.1, 0.15) is 41.5 Å². The first-order valence-corrected chi connectivity index (χ1v) is 10.2. The van der Waals surface area contributed by atoms with Crippen LogP contribution in [0.3, 0.4) is 0 Å². The summed E-state index contributed by atoms with van der Waals surface area (Å²) in [5.41, 5.74) is 5.72. The molecular weight excluding hydrogens is 354 g/mol. The Morgan fingerprint density at radius 1 is 1.15 bits per heavy atom. The lowest BCUT2D eigenvalue weighted by Crippen LogP contribution is -2.06. The molecule has 27 heavy (non-hydrogen) atoms. The summed E-state index contributed by atoms with van der Waals surface area (Å²) in [6, 6.07) is 10.5. The van der Waals surface area contributed by atoms with Crippen molar-refractivity contribution in [1.29, 1.82) is 0 Å². The number of rotatable bonds is 5. The Morgan fingerprint density at radius 2 is 1.96 bits per heavy atom. The summed E-state index contributed by atoms with van der Waals surface area (Å²) in [6.07, 6.45) is 2.39. The van der Waals surface area contributed by atoms with E-state index in [1.165, 1.54) is 29.5 Å². The van der Waals surface area contributed by atoms with Crippen LogP contribution in [0, 0.1) is 13.8 Å². The molecule has 5 nitrogen and oxygen atoms in total. The molecule has 5 rings (SSSR count). The van der Waals surface area contributed by atoms with E-state index in [0.29, 0.717) is 12.5 Å². The van der Waals surface area contributed by atoms with E-state index in [9.17, 15) is 0 Å². The van der Waals surface area contributed by atoms with Crippen molar-refractivity contribution in [3.05, 3.63) is 58.5 Å². The molecule has 3 aromatic heterocycles. The molecule has 1 aromatic carbocycles. The molecule has 136 valence electrons. The first kappa shape index (κ1) is 16.4. The maximum absolute atomic E-state index is 4.93. The monoisotopic (exact) mass is 375 g/mol. The number of thiophene rings is 1. The zero-order valence-electron chi connectivity index (χ0n) is 15.4. The van der Waals surface area contributed by atoms with Crippen molar-refractivity contribution >= 4 is 27.4 Å². The van der Waals surface area contributed by atoms with Gasteiger partial charge in [-0.1, -0.05) is 30.3 Å². The molecule has 1 fully saturated rings. The summed E-state index contributed by atoms with van der Waals surface area (Å²) in [5.74, 6) is 2.43. The third-order valence-electron chi connectivity index (χ3n) is 5.19. The van der Waals surface area contributed by atoms with E-state index in [2.05, 4.69) is 52.1 Å². The van der Waals surface area contributed by atoms with Gasteiger partial charge in [0.25, 0.3) is 0 Å². The lowest BCUT2D eigenvalue weighted by atomic mass is 10.1. The molecule has 4 aromatic rings. The van der Waals surface area contributed by atoms with E-state index in [-0.39, 0.29) is 0 Å². The average molecular weight is 376 g/mol. The second kappa shape index (κ2) is 6.46. The molecule has 1 aliphatic carbocycles. The van der Waals surface area contributed by atoms with Crippen LogP contribution in [0.15, 0.2) is 35.7 Å². The average Bonchev–Trinajstić information content (AvgIpc) is 3.38. The minimum atomic E-state index is 0.523. The molecule has 2 N–H and O–H groups in total. The minimum Gasteiger partial charge on any atom is -0.365 e. The Morgan fingerprint density at radius 3 is 2.67 bits per heavy atom. The number of anilines is 1. The molecule has 0 aliphatic heterocycles. The predicted octanol–water partition coefficient (Wildman–Crippen LogP) is 5.19. The van der Waals surface area contributed by atoms with Crippen LogP contribution in [0.4, 0.5) is 5.82 Å². The van der Waals surface area contributed by atoms with Crippen LogP contribution in [0.2, 0.25) is 0 Å². The smallest absolute Gasteiger partial charge is 0.139 e. The molecule has 0 saturated heterocycles. The zero-order valence-corrected chi connectivity index (χ0v) is 16.2. The lowest BCUT2D eigenvalue weighted by Gasteiger charge is -2.11. The quantitative estimate of drug-likeness (QED) is 0.504. The molecular formula is C21H21N5S. The highest BCUT2D eigenvalue weighted by Gasteiger charge is 2.28. The summed E-state index contributed by atoms with van der Waals surface area (Å²) < 4.78 is 0. The molecule has 0 bridgehead atoms. The number of aromatic nitrogens is 4. The third kappa shape index (κ3) is 3.00. The van der Waals surface area contributed by atoms with Gasteiger partial charge >= 0.3 is 0 Å². The van der Waals surface area contributed by atoms with Gasteiger partial charge in [-0.05, 0) is 32.3 Å². The second-order valence-corrected chi connectivity index (χ2v) is 8.02. The van der Waals surface area contributed by atoms with Crippen molar-refractivity contribution in [2.45, 2.75) is 39.2 Å². The van der Waals surface area contributed by atoms with Gasteiger partial charge in [0.1, 0.15) is 16.5 Å². The van der Waals surface area contributed by atoms with Crippen LogP contribution < -0.4 is 5.32 Å². The van der Waals surface area contributed by atoms with Gasteiger partial charge in [-0.25, -0.2) is 9.97 Å². The molecule has 0 radical (unpaired) electrons. The second-order valence-electron chi connectivity index (χ2n) is 7.17. The van der Waals surface area contributed by atoms with Crippen molar-refractivity contribution in [1.82, 2.24) is 20.2 Å². The zero-order chi connectivity index (χ0) is 18.4. The number of aromatic amines is 1. The highest BCUT2D eigenvalue weighted by molar-refractivity contribution is 7.17. The standard InChI is InChI=1S/C21H21N5S/c1-12-16(13(2)26-25-12)10-22-20-18-17(14-6-4-3-5-7-14)11-27-21(18)24-19(23-20)15-8-9-15/h3-7,11,15H,8-10H2,1-2H3,(H,25,26)(H,22,23,24). The first-order valence-electron chi connectivity index (χ1n) is 9.29. The van der Waals surface area contributed by atoms with Crippen LogP contribution >= 0.6 is 11.3 Å². The van der Waals surface area contributed by atoms with Crippen LogP contribution in [-0.2, 0) is 6.54 Å². The molecule has 0 atom stereocenters. The van der Waals surface area contributed by atoms with Crippen molar-refractivity contribution in [3.8, 4) is 11.1 Å². The predicted molar refractivity (Wildman–Crippen MR) is 110 cm³/mol. The summed E-state index contributed by atoms with van der Waals surface area (Å²) in [7, 11) is 0. The van der Waals surface area contributed by atoms with Gasteiger partial charge in [0.15, 0.2) is 0 Å². The Balaban J connectivity index is 1.60. The van der Waals surface area contributed by atoms with Gasteiger partial charge in [0.2, 0.25) is 0 Å². The van der Waals surface area contributed by atoms with E-state index in [1.54, 1.807) is 11.3 Å². The Hall–Kier alpha value is -2.73. The number of benzene rings is 1. The highest BCUT2D eigenvalue weighted by Crippen LogP contribution is 2.42. The van der Waals surface area contributed by atoms with E-state index in [1.807, 2.05) is 13.0 Å². The van der Waals surface area contributed by atoms with Gasteiger partial charge in [0, 0.05) is 34.7 Å². The van der Waals surface area contributed by atoms with E-state index in [4.69, 9.17) is 9.97 Å². The fraction of sp³-hybridized carbons (Fsp3) is 0.286. The fourth-order valence-electron chi connectivity index (χ4n) is 3.45. The Labute approximate surface area is 161 Å². The molecule has 3 heterocycles. The van der Waals surface area contributed by atoms with Gasteiger partial charge < -0.3 is 5.32 Å². The Kier molecular flexibility index (Phi) is 3.93. The molecule has 0 unspecified atom stereocenters. The number of fused-ring (bicyclic) bond motifs is 1. The summed E-state index contributed by atoms with van der Waals surface area (Å²) in [5, 5.41) is 14.3.